The Balaban J connectivity index is 2.10. The lowest BCUT2D eigenvalue weighted by molar-refractivity contribution is -0.130. The van der Waals surface area contributed by atoms with E-state index >= 15 is 0 Å². The van der Waals surface area contributed by atoms with E-state index in [1.165, 1.54) is 0 Å². The maximum atomic E-state index is 11.9. The molecule has 0 radical (unpaired) electrons. The number of carbonyl (C=O) groups is 1. The fraction of sp³-hybridized carbons (Fsp3) is 0.100. The molecule has 3 rings (SSSR count). The van der Waals surface area contributed by atoms with E-state index in [-0.39, 0.29) is 5.57 Å². The lowest BCUT2D eigenvalue weighted by Gasteiger charge is -2.11. The molecule has 4 nitrogen and oxygen atoms in total. The molecule has 0 saturated heterocycles. The first-order valence-electron chi connectivity index (χ1n) is 7.94. The molecule has 0 aliphatic carbocycles. The largest absolute Gasteiger partial charge is 0.478 e. The average molecular weight is 353 g/mol. The highest BCUT2D eigenvalue weighted by Crippen LogP contribution is 2.27. The first-order valence-corrected chi connectivity index (χ1v) is 8.31. The van der Waals surface area contributed by atoms with Crippen molar-refractivity contribution in [2.75, 3.05) is 0 Å². The molecule has 0 aliphatic heterocycles. The van der Waals surface area contributed by atoms with Gasteiger partial charge in [0.2, 0.25) is 0 Å². The molecule has 0 aliphatic rings. The zero-order valence-electron chi connectivity index (χ0n) is 13.7. The van der Waals surface area contributed by atoms with Gasteiger partial charge in [-0.25, -0.2) is 9.48 Å². The average Bonchev–Trinajstić information content (AvgIpc) is 3.09. The van der Waals surface area contributed by atoms with Gasteiger partial charge in [0.15, 0.2) is 0 Å². The fourth-order valence-electron chi connectivity index (χ4n) is 2.75. The van der Waals surface area contributed by atoms with Gasteiger partial charge < -0.3 is 5.11 Å². The van der Waals surface area contributed by atoms with E-state index in [4.69, 9.17) is 11.6 Å². The zero-order valence-corrected chi connectivity index (χ0v) is 14.4. The van der Waals surface area contributed by atoms with Crippen LogP contribution < -0.4 is 0 Å². The summed E-state index contributed by atoms with van der Waals surface area (Å²) < 4.78 is 1.63. The minimum Gasteiger partial charge on any atom is -0.478 e. The Morgan fingerprint density at radius 1 is 1.12 bits per heavy atom. The van der Waals surface area contributed by atoms with Crippen LogP contribution in [-0.4, -0.2) is 20.9 Å². The highest BCUT2D eigenvalue weighted by molar-refractivity contribution is 6.30. The Labute approximate surface area is 151 Å². The smallest absolute Gasteiger partial charge is 0.338 e. The summed E-state index contributed by atoms with van der Waals surface area (Å²) in [7, 11) is 0. The second kappa shape index (κ2) is 7.36. The lowest BCUT2D eigenvalue weighted by Crippen LogP contribution is -2.08. The molecule has 1 heterocycles. The number of benzene rings is 2. The fourth-order valence-corrected chi connectivity index (χ4v) is 2.94. The van der Waals surface area contributed by atoms with Crippen LogP contribution in [0.2, 0.25) is 5.02 Å². The standard InChI is InChI=1S/C20H17ClN2O2/c1-2-18(19(20(24)25)14-7-4-3-5-8-14)23-12-11-17(22-23)15-9-6-10-16(21)13-15/h3-13H,2H2,1H3,(H,24,25)/b19-18-. The minimum atomic E-state index is -0.970. The van der Waals surface area contributed by atoms with Crippen molar-refractivity contribution in [1.82, 2.24) is 9.78 Å². The van der Waals surface area contributed by atoms with Crippen molar-refractivity contribution in [3.05, 3.63) is 77.4 Å². The van der Waals surface area contributed by atoms with Crippen molar-refractivity contribution in [2.45, 2.75) is 13.3 Å². The number of carboxylic acid groups (broad SMARTS) is 1. The van der Waals surface area contributed by atoms with E-state index < -0.39 is 5.97 Å². The van der Waals surface area contributed by atoms with Crippen LogP contribution in [0.4, 0.5) is 0 Å². The Kier molecular flexibility index (Phi) is 5.00. The molecule has 126 valence electrons. The highest BCUT2D eigenvalue weighted by Gasteiger charge is 2.18. The molecule has 1 N–H and O–H groups in total. The van der Waals surface area contributed by atoms with Gasteiger partial charge in [-0.1, -0.05) is 61.0 Å². The van der Waals surface area contributed by atoms with Crippen molar-refractivity contribution in [1.29, 1.82) is 0 Å². The summed E-state index contributed by atoms with van der Waals surface area (Å²) in [6.45, 7) is 1.92. The minimum absolute atomic E-state index is 0.254. The Bertz CT molecular complexity index is 930. The molecule has 25 heavy (non-hydrogen) atoms. The predicted octanol–water partition coefficient (Wildman–Crippen LogP) is 5.07. The number of allylic oxidation sites excluding steroid dienone is 1. The Morgan fingerprint density at radius 3 is 2.52 bits per heavy atom. The maximum Gasteiger partial charge on any atom is 0.338 e. The first kappa shape index (κ1) is 17.0. The maximum absolute atomic E-state index is 11.9. The molecular formula is C20H17ClN2O2. The number of rotatable bonds is 5. The molecule has 0 bridgehead atoms. The zero-order chi connectivity index (χ0) is 17.8. The number of hydrogen-bond donors (Lipinski definition) is 1. The molecule has 3 aromatic rings. The van der Waals surface area contributed by atoms with Crippen molar-refractivity contribution in [2.24, 2.45) is 0 Å². The van der Waals surface area contributed by atoms with E-state index in [0.717, 1.165) is 11.3 Å². The summed E-state index contributed by atoms with van der Waals surface area (Å²) in [6, 6.07) is 18.4. The third-order valence-corrected chi connectivity index (χ3v) is 4.12. The number of aromatic nitrogens is 2. The van der Waals surface area contributed by atoms with E-state index in [2.05, 4.69) is 5.10 Å². The quantitative estimate of drug-likeness (QED) is 0.652. The van der Waals surface area contributed by atoms with Gasteiger partial charge in [0.05, 0.1) is 17.0 Å². The van der Waals surface area contributed by atoms with E-state index in [1.54, 1.807) is 29.1 Å². The van der Waals surface area contributed by atoms with Crippen molar-refractivity contribution >= 4 is 28.8 Å². The van der Waals surface area contributed by atoms with Gasteiger partial charge in [0.1, 0.15) is 0 Å². The van der Waals surface area contributed by atoms with Crippen LogP contribution in [-0.2, 0) is 4.79 Å². The van der Waals surface area contributed by atoms with Crippen LogP contribution in [0.5, 0.6) is 0 Å². The molecule has 2 aromatic carbocycles. The summed E-state index contributed by atoms with van der Waals surface area (Å²) in [5.74, 6) is -0.970. The van der Waals surface area contributed by atoms with E-state index in [9.17, 15) is 9.90 Å². The first-order chi connectivity index (χ1) is 12.1. The normalized spacial score (nSPS) is 11.9. The molecule has 0 spiro atoms. The van der Waals surface area contributed by atoms with Gasteiger partial charge in [-0.3, -0.25) is 0 Å². The number of hydrogen-bond acceptors (Lipinski definition) is 2. The summed E-state index contributed by atoms with van der Waals surface area (Å²) in [5.41, 5.74) is 3.17. The van der Waals surface area contributed by atoms with Crippen molar-refractivity contribution < 1.29 is 9.90 Å². The second-order valence-electron chi connectivity index (χ2n) is 5.50. The lowest BCUT2D eigenvalue weighted by atomic mass is 10.0. The summed E-state index contributed by atoms with van der Waals surface area (Å²) in [5, 5.41) is 14.9. The molecule has 0 fully saturated rings. The van der Waals surface area contributed by atoms with E-state index in [1.807, 2.05) is 49.4 Å². The number of halogens is 1. The van der Waals surface area contributed by atoms with Crippen molar-refractivity contribution in [3.8, 4) is 11.3 Å². The predicted molar refractivity (Wildman–Crippen MR) is 100 cm³/mol. The third-order valence-electron chi connectivity index (χ3n) is 3.89. The number of aliphatic carboxylic acids is 1. The van der Waals surface area contributed by atoms with Gasteiger partial charge in [-0.15, -0.1) is 0 Å². The molecule has 0 unspecified atom stereocenters. The van der Waals surface area contributed by atoms with Crippen LogP contribution in [0.3, 0.4) is 0 Å². The van der Waals surface area contributed by atoms with Crippen LogP contribution >= 0.6 is 11.6 Å². The molecular weight excluding hydrogens is 336 g/mol. The molecule has 0 amide bonds. The van der Waals surface area contributed by atoms with Gasteiger partial charge in [-0.05, 0) is 30.2 Å². The van der Waals surface area contributed by atoms with Crippen LogP contribution in [0.15, 0.2) is 66.9 Å². The summed E-state index contributed by atoms with van der Waals surface area (Å²) in [6.07, 6.45) is 2.31. The monoisotopic (exact) mass is 352 g/mol. The SMILES string of the molecule is CC/C(=C(/C(=O)O)c1ccccc1)n1ccc(-c2cccc(Cl)c2)n1. The Morgan fingerprint density at radius 2 is 1.88 bits per heavy atom. The highest BCUT2D eigenvalue weighted by atomic mass is 35.5. The number of nitrogens with zero attached hydrogens (tertiary/aromatic N) is 2. The molecule has 5 heteroatoms. The van der Waals surface area contributed by atoms with Crippen LogP contribution in [0, 0.1) is 0 Å². The van der Waals surface area contributed by atoms with Gasteiger partial charge in [0.25, 0.3) is 0 Å². The van der Waals surface area contributed by atoms with Crippen LogP contribution in [0.1, 0.15) is 18.9 Å². The van der Waals surface area contributed by atoms with Gasteiger partial charge >= 0.3 is 5.97 Å². The molecule has 0 saturated carbocycles. The number of carboxylic acids is 1. The molecule has 1 aromatic heterocycles. The van der Waals surface area contributed by atoms with E-state index in [0.29, 0.717) is 22.7 Å². The van der Waals surface area contributed by atoms with Gasteiger partial charge in [-0.2, -0.15) is 5.10 Å². The second-order valence-corrected chi connectivity index (χ2v) is 5.94. The Hall–Kier alpha value is -2.85. The third kappa shape index (κ3) is 3.64. The topological polar surface area (TPSA) is 55.1 Å². The van der Waals surface area contributed by atoms with Crippen LogP contribution in [0.25, 0.3) is 22.5 Å². The van der Waals surface area contributed by atoms with Crippen molar-refractivity contribution in [3.63, 3.8) is 0 Å². The summed E-state index contributed by atoms with van der Waals surface area (Å²) in [4.78, 5) is 11.9. The van der Waals surface area contributed by atoms with Gasteiger partial charge in [0, 0.05) is 16.8 Å². The molecule has 0 atom stereocenters. The summed E-state index contributed by atoms with van der Waals surface area (Å²) >= 11 is 6.04.